The summed E-state index contributed by atoms with van der Waals surface area (Å²) in [6.45, 7) is 8.53. The van der Waals surface area contributed by atoms with E-state index in [4.69, 9.17) is 14.2 Å². The number of hydrogen-bond acceptors (Lipinski definition) is 6. The fourth-order valence-electron chi connectivity index (χ4n) is 2.51. The zero-order chi connectivity index (χ0) is 18.9. The van der Waals surface area contributed by atoms with Crippen LogP contribution in [0.1, 0.15) is 42.7 Å². The minimum absolute atomic E-state index is 0.137. The number of ether oxygens (including phenoxy) is 3. The maximum absolute atomic E-state index is 12.1. The summed E-state index contributed by atoms with van der Waals surface area (Å²) in [5, 5.41) is 10.5. The molecule has 1 heterocycles. The number of nitrogens with one attached hydrogen (secondary N) is 1. The molecule has 7 heteroatoms. The zero-order valence-corrected chi connectivity index (χ0v) is 15.5. The Balaban J connectivity index is 2.47. The van der Waals surface area contributed by atoms with Gasteiger partial charge in [0.25, 0.3) is 0 Å². The molecule has 1 N–H and O–H groups in total. The Hall–Kier alpha value is -2.83. The molecule has 0 aliphatic carbocycles. The number of rotatable bonds is 10. The van der Waals surface area contributed by atoms with E-state index < -0.39 is 5.97 Å². The summed E-state index contributed by atoms with van der Waals surface area (Å²) in [4.78, 5) is 12.1. The second kappa shape index (κ2) is 9.60. The Morgan fingerprint density at radius 1 is 1.31 bits per heavy atom. The van der Waals surface area contributed by atoms with Crippen LogP contribution in [0.3, 0.4) is 0 Å². The average molecular weight is 359 g/mol. The minimum Gasteiger partial charge on any atom is -0.493 e. The van der Waals surface area contributed by atoms with Crippen LogP contribution in [0, 0.1) is 0 Å². The highest BCUT2D eigenvalue weighted by molar-refractivity contribution is 5.94. The molecule has 7 nitrogen and oxygen atoms in total. The van der Waals surface area contributed by atoms with Crippen LogP contribution >= 0.6 is 0 Å². The predicted octanol–water partition coefficient (Wildman–Crippen LogP) is 3.56. The Bertz CT molecular complexity index is 755. The van der Waals surface area contributed by atoms with Crippen molar-refractivity contribution < 1.29 is 19.0 Å². The van der Waals surface area contributed by atoms with Crippen LogP contribution in [0.25, 0.3) is 11.3 Å². The van der Waals surface area contributed by atoms with Crippen molar-refractivity contribution in [3.05, 3.63) is 36.0 Å². The van der Waals surface area contributed by atoms with Crippen molar-refractivity contribution >= 4 is 5.97 Å². The Kier molecular flexibility index (Phi) is 7.20. The number of methoxy groups -OCH3 is 1. The van der Waals surface area contributed by atoms with E-state index in [2.05, 4.69) is 28.9 Å². The van der Waals surface area contributed by atoms with Crippen molar-refractivity contribution in [1.29, 1.82) is 0 Å². The third kappa shape index (κ3) is 4.41. The second-order valence-corrected chi connectivity index (χ2v) is 5.60. The molecule has 0 unspecified atom stereocenters. The number of esters is 1. The number of unbranched alkanes of at least 4 members (excludes halogenated alkanes) is 1. The first-order valence-corrected chi connectivity index (χ1v) is 8.69. The number of carbonyl (C=O) groups is 1. The van der Waals surface area contributed by atoms with Gasteiger partial charge in [-0.2, -0.15) is 10.3 Å². The zero-order valence-electron chi connectivity index (χ0n) is 15.5. The molecule has 0 fully saturated rings. The highest BCUT2D eigenvalue weighted by Crippen LogP contribution is 2.37. The molecule has 0 aliphatic rings. The summed E-state index contributed by atoms with van der Waals surface area (Å²) < 4.78 is 16.5. The van der Waals surface area contributed by atoms with E-state index in [0.717, 1.165) is 18.4 Å². The van der Waals surface area contributed by atoms with Crippen LogP contribution in [0.15, 0.2) is 24.8 Å². The summed E-state index contributed by atoms with van der Waals surface area (Å²) in [7, 11) is 1.58. The molecule has 0 saturated carbocycles. The van der Waals surface area contributed by atoms with E-state index in [1.165, 1.54) is 0 Å². The van der Waals surface area contributed by atoms with E-state index in [1.807, 2.05) is 6.07 Å². The Morgan fingerprint density at radius 2 is 2.12 bits per heavy atom. The molecule has 1 aromatic carbocycles. The summed E-state index contributed by atoms with van der Waals surface area (Å²) in [6.07, 6.45) is 4.38. The van der Waals surface area contributed by atoms with Gasteiger partial charge in [0.1, 0.15) is 5.69 Å². The van der Waals surface area contributed by atoms with Crippen molar-refractivity contribution in [2.75, 3.05) is 20.3 Å². The van der Waals surface area contributed by atoms with Gasteiger partial charge < -0.3 is 14.2 Å². The summed E-state index contributed by atoms with van der Waals surface area (Å²) in [6, 6.07) is 3.69. The smallest absolute Gasteiger partial charge is 0.361 e. The van der Waals surface area contributed by atoms with Gasteiger partial charge in [-0.1, -0.05) is 19.4 Å². The van der Waals surface area contributed by atoms with Gasteiger partial charge in [-0.15, -0.1) is 11.7 Å². The van der Waals surface area contributed by atoms with Crippen molar-refractivity contribution in [3.63, 3.8) is 0 Å². The molecular weight excluding hydrogens is 334 g/mol. The van der Waals surface area contributed by atoms with Crippen molar-refractivity contribution in [2.45, 2.75) is 33.1 Å². The third-order valence-electron chi connectivity index (χ3n) is 3.75. The number of H-pyrrole nitrogens is 1. The first kappa shape index (κ1) is 19.5. The lowest BCUT2D eigenvalue weighted by molar-refractivity contribution is 0.0520. The van der Waals surface area contributed by atoms with E-state index in [9.17, 15) is 4.79 Å². The van der Waals surface area contributed by atoms with Gasteiger partial charge in [-0.25, -0.2) is 4.79 Å². The Labute approximate surface area is 153 Å². The van der Waals surface area contributed by atoms with E-state index in [1.54, 1.807) is 26.2 Å². The average Bonchev–Trinajstić information content (AvgIpc) is 3.13. The number of carbonyl (C=O) groups excluding carboxylic acids is 1. The molecule has 0 saturated heterocycles. The molecule has 2 rings (SSSR count). The monoisotopic (exact) mass is 359 g/mol. The normalized spacial score (nSPS) is 10.4. The number of nitrogens with zero attached hydrogens (tertiary/aromatic N) is 2. The fourth-order valence-corrected chi connectivity index (χ4v) is 2.51. The largest absolute Gasteiger partial charge is 0.493 e. The molecular formula is C19H25N3O4. The van der Waals surface area contributed by atoms with Gasteiger partial charge >= 0.3 is 5.97 Å². The maximum atomic E-state index is 12.1. The standard InChI is InChI=1S/C19H25N3O4/c1-5-8-10-26-18-13(9-6-2)11-14(12-15(18)24-4)16-17(21-22-20-16)19(23)25-7-3/h6,11-12H,2,5,7-10H2,1,3-4H3,(H,20,21,22). The molecule has 26 heavy (non-hydrogen) atoms. The number of benzene rings is 1. The molecule has 0 amide bonds. The quantitative estimate of drug-likeness (QED) is 0.396. The second-order valence-electron chi connectivity index (χ2n) is 5.60. The molecule has 0 atom stereocenters. The molecule has 0 radical (unpaired) electrons. The van der Waals surface area contributed by atoms with Gasteiger partial charge in [0.05, 0.1) is 20.3 Å². The lowest BCUT2D eigenvalue weighted by atomic mass is 10.0. The van der Waals surface area contributed by atoms with Crippen LogP contribution < -0.4 is 9.47 Å². The van der Waals surface area contributed by atoms with E-state index in [-0.39, 0.29) is 12.3 Å². The highest BCUT2D eigenvalue weighted by Gasteiger charge is 2.22. The predicted molar refractivity (Wildman–Crippen MR) is 98.6 cm³/mol. The van der Waals surface area contributed by atoms with Crippen LogP contribution in [-0.2, 0) is 11.2 Å². The summed E-state index contributed by atoms with van der Waals surface area (Å²) in [5.41, 5.74) is 2.15. The molecule has 0 aliphatic heterocycles. The number of aromatic amines is 1. The fraction of sp³-hybridized carbons (Fsp3) is 0.421. The van der Waals surface area contributed by atoms with Gasteiger partial charge in [-0.3, -0.25) is 0 Å². The lowest BCUT2D eigenvalue weighted by Crippen LogP contribution is -2.07. The van der Waals surface area contributed by atoms with Crippen LogP contribution in [0.5, 0.6) is 11.5 Å². The first-order chi connectivity index (χ1) is 12.7. The summed E-state index contributed by atoms with van der Waals surface area (Å²) >= 11 is 0. The number of aromatic nitrogens is 3. The van der Waals surface area contributed by atoms with Crippen LogP contribution in [-0.4, -0.2) is 41.7 Å². The highest BCUT2D eigenvalue weighted by atomic mass is 16.5. The molecule has 2 aromatic rings. The number of hydrogen-bond donors (Lipinski definition) is 1. The molecule has 0 bridgehead atoms. The van der Waals surface area contributed by atoms with Gasteiger partial charge in [0, 0.05) is 11.1 Å². The third-order valence-corrected chi connectivity index (χ3v) is 3.75. The van der Waals surface area contributed by atoms with Crippen LogP contribution in [0.2, 0.25) is 0 Å². The molecule has 140 valence electrons. The van der Waals surface area contributed by atoms with E-state index >= 15 is 0 Å². The van der Waals surface area contributed by atoms with Crippen molar-refractivity contribution in [2.24, 2.45) is 0 Å². The van der Waals surface area contributed by atoms with Crippen molar-refractivity contribution in [1.82, 2.24) is 15.4 Å². The SMILES string of the molecule is C=CCc1cc(-c2n[nH]nc2C(=O)OCC)cc(OC)c1OCCCC. The lowest BCUT2D eigenvalue weighted by Gasteiger charge is -2.16. The topological polar surface area (TPSA) is 86.3 Å². The van der Waals surface area contributed by atoms with Gasteiger partial charge in [0.15, 0.2) is 17.2 Å². The minimum atomic E-state index is -0.524. The summed E-state index contributed by atoms with van der Waals surface area (Å²) in [5.74, 6) is 0.739. The van der Waals surface area contributed by atoms with Crippen molar-refractivity contribution in [3.8, 4) is 22.8 Å². The Morgan fingerprint density at radius 3 is 2.77 bits per heavy atom. The van der Waals surface area contributed by atoms with E-state index in [0.29, 0.717) is 35.8 Å². The number of allylic oxidation sites excluding steroid dienone is 1. The molecule has 1 aromatic heterocycles. The molecule has 0 spiro atoms. The van der Waals surface area contributed by atoms with Gasteiger partial charge in [0.2, 0.25) is 0 Å². The first-order valence-electron chi connectivity index (χ1n) is 8.69. The van der Waals surface area contributed by atoms with Crippen LogP contribution in [0.4, 0.5) is 0 Å². The maximum Gasteiger partial charge on any atom is 0.361 e. The van der Waals surface area contributed by atoms with Gasteiger partial charge in [-0.05, 0) is 31.9 Å².